The molecule has 0 aliphatic rings. The van der Waals surface area contributed by atoms with Gasteiger partial charge in [0.25, 0.3) is 0 Å². The predicted octanol–water partition coefficient (Wildman–Crippen LogP) is 3.47. The fraction of sp³-hybridized carbons (Fsp3) is 0.429. The quantitative estimate of drug-likeness (QED) is 0.334. The Morgan fingerprint density at radius 1 is 1.45 bits per heavy atom. The number of benzene rings is 1. The zero-order valence-electron chi connectivity index (χ0n) is 11.6. The first-order valence-electron chi connectivity index (χ1n) is 6.64. The van der Waals surface area contributed by atoms with E-state index in [2.05, 4.69) is 29.7 Å². The van der Waals surface area contributed by atoms with Crippen molar-refractivity contribution in [2.24, 2.45) is 10.8 Å². The van der Waals surface area contributed by atoms with Gasteiger partial charge in [-0.1, -0.05) is 37.8 Å². The Balaban J connectivity index is 2.46. The summed E-state index contributed by atoms with van der Waals surface area (Å²) >= 11 is 10.8. The summed E-state index contributed by atoms with van der Waals surface area (Å²) in [7, 11) is 0. The van der Waals surface area contributed by atoms with Gasteiger partial charge in [0.05, 0.1) is 17.8 Å². The number of nitrogens with two attached hydrogens (primary N) is 1. The monoisotopic (exact) mass is 313 g/mol. The second kappa shape index (κ2) is 9.55. The Morgan fingerprint density at radius 2 is 2.25 bits per heavy atom. The highest BCUT2D eigenvalue weighted by atomic mass is 35.5. The Morgan fingerprint density at radius 3 is 2.90 bits per heavy atom. The average molecular weight is 314 g/mol. The largest absolute Gasteiger partial charge is 0.492 e. The van der Waals surface area contributed by atoms with Crippen LogP contribution < -0.4 is 15.9 Å². The molecule has 0 radical (unpaired) electrons. The second-order valence-electron chi connectivity index (χ2n) is 4.33. The van der Waals surface area contributed by atoms with E-state index in [0.29, 0.717) is 17.4 Å². The Kier molecular flexibility index (Phi) is 7.99. The number of hydrogen-bond donors (Lipinski definition) is 2. The zero-order valence-corrected chi connectivity index (χ0v) is 13.1. The van der Waals surface area contributed by atoms with Crippen molar-refractivity contribution in [2.75, 3.05) is 6.61 Å². The number of unbranched alkanes of at least 4 members (excludes halogenated alkanes) is 3. The number of nitrogens with one attached hydrogen (secondary N) is 1. The van der Waals surface area contributed by atoms with Gasteiger partial charge in [-0.25, -0.2) is 0 Å². The van der Waals surface area contributed by atoms with Crippen molar-refractivity contribution < 1.29 is 4.74 Å². The molecule has 0 aromatic heterocycles. The molecule has 0 amide bonds. The molecule has 1 aromatic rings. The van der Waals surface area contributed by atoms with Gasteiger partial charge in [-0.2, -0.15) is 5.10 Å². The van der Waals surface area contributed by atoms with Crippen LogP contribution in [0.1, 0.15) is 38.2 Å². The summed E-state index contributed by atoms with van der Waals surface area (Å²) in [5, 5.41) is 4.56. The summed E-state index contributed by atoms with van der Waals surface area (Å²) in [6.45, 7) is 2.88. The van der Waals surface area contributed by atoms with E-state index in [4.69, 9.17) is 22.1 Å². The van der Waals surface area contributed by atoms with Gasteiger partial charge >= 0.3 is 0 Å². The molecule has 6 heteroatoms. The number of hydrazone groups is 1. The minimum Gasteiger partial charge on any atom is -0.492 e. The van der Waals surface area contributed by atoms with Crippen LogP contribution in [0.5, 0.6) is 5.75 Å². The van der Waals surface area contributed by atoms with Crippen LogP contribution in [0.2, 0.25) is 5.02 Å². The lowest BCUT2D eigenvalue weighted by Gasteiger charge is -2.08. The molecule has 4 nitrogen and oxygen atoms in total. The Labute approximate surface area is 130 Å². The first-order valence-corrected chi connectivity index (χ1v) is 7.43. The van der Waals surface area contributed by atoms with Crippen molar-refractivity contribution in [2.45, 2.75) is 32.6 Å². The summed E-state index contributed by atoms with van der Waals surface area (Å²) in [4.78, 5) is 0. The van der Waals surface area contributed by atoms with Gasteiger partial charge in [-0.15, -0.1) is 0 Å². The zero-order chi connectivity index (χ0) is 14.8. The van der Waals surface area contributed by atoms with Crippen LogP contribution in [-0.4, -0.2) is 17.9 Å². The molecule has 1 aromatic carbocycles. The Bertz CT molecular complexity index is 466. The molecule has 1 rings (SSSR count). The summed E-state index contributed by atoms with van der Waals surface area (Å²) in [5.74, 6) is 0.697. The van der Waals surface area contributed by atoms with Crippen LogP contribution in [0, 0.1) is 0 Å². The van der Waals surface area contributed by atoms with Gasteiger partial charge in [-0.3, -0.25) is 5.43 Å². The summed E-state index contributed by atoms with van der Waals surface area (Å²) in [6.07, 6.45) is 6.28. The lowest BCUT2D eigenvalue weighted by Crippen LogP contribution is -2.23. The fourth-order valence-corrected chi connectivity index (χ4v) is 1.89. The number of rotatable bonds is 8. The van der Waals surface area contributed by atoms with E-state index in [1.54, 1.807) is 12.3 Å². The summed E-state index contributed by atoms with van der Waals surface area (Å²) in [5.41, 5.74) is 8.59. The van der Waals surface area contributed by atoms with Gasteiger partial charge in [-0.05, 0) is 42.4 Å². The first kappa shape index (κ1) is 16.7. The molecule has 0 saturated carbocycles. The normalized spacial score (nSPS) is 10.7. The fourth-order valence-electron chi connectivity index (χ4n) is 1.60. The van der Waals surface area contributed by atoms with Crippen molar-refractivity contribution in [1.29, 1.82) is 0 Å². The van der Waals surface area contributed by atoms with E-state index in [0.717, 1.165) is 12.0 Å². The molecule has 0 bridgehead atoms. The highest BCUT2D eigenvalue weighted by Gasteiger charge is 2.02. The molecule has 0 saturated heterocycles. The number of thiocarbonyl (C=S) groups is 1. The van der Waals surface area contributed by atoms with E-state index < -0.39 is 0 Å². The third kappa shape index (κ3) is 6.73. The molecule has 0 fully saturated rings. The topological polar surface area (TPSA) is 59.6 Å². The molecule has 20 heavy (non-hydrogen) atoms. The molecular weight excluding hydrogens is 294 g/mol. The smallest absolute Gasteiger partial charge is 0.184 e. The molecule has 0 unspecified atom stereocenters. The standard InChI is InChI=1S/C14H20ClN3OS/c1-2-3-4-5-8-19-13-7-6-11(9-12(13)15)10-17-18-14(16)20/h6-7,9-10H,2-5,8H2,1H3,(H3,16,18,20). The van der Waals surface area contributed by atoms with E-state index >= 15 is 0 Å². The maximum absolute atomic E-state index is 6.15. The van der Waals surface area contributed by atoms with E-state index in [1.807, 2.05) is 12.1 Å². The third-order valence-corrected chi connectivity index (χ3v) is 2.99. The van der Waals surface area contributed by atoms with Crippen molar-refractivity contribution in [3.63, 3.8) is 0 Å². The van der Waals surface area contributed by atoms with Crippen LogP contribution in [-0.2, 0) is 0 Å². The lowest BCUT2D eigenvalue weighted by atomic mass is 10.2. The molecule has 0 atom stereocenters. The van der Waals surface area contributed by atoms with Crippen LogP contribution in [0.15, 0.2) is 23.3 Å². The number of nitrogens with zero attached hydrogens (tertiary/aromatic N) is 1. The van der Waals surface area contributed by atoms with Gasteiger partial charge in [0.1, 0.15) is 5.75 Å². The van der Waals surface area contributed by atoms with Crippen molar-refractivity contribution in [3.8, 4) is 5.75 Å². The highest BCUT2D eigenvalue weighted by Crippen LogP contribution is 2.25. The number of hydrogen-bond acceptors (Lipinski definition) is 3. The molecule has 0 spiro atoms. The second-order valence-corrected chi connectivity index (χ2v) is 5.18. The minimum atomic E-state index is 0.124. The van der Waals surface area contributed by atoms with E-state index in [-0.39, 0.29) is 5.11 Å². The lowest BCUT2D eigenvalue weighted by molar-refractivity contribution is 0.305. The molecule has 0 aliphatic carbocycles. The van der Waals surface area contributed by atoms with Crippen LogP contribution in [0.3, 0.4) is 0 Å². The molecule has 110 valence electrons. The number of halogens is 1. The van der Waals surface area contributed by atoms with Crippen LogP contribution >= 0.6 is 23.8 Å². The highest BCUT2D eigenvalue weighted by molar-refractivity contribution is 7.80. The number of ether oxygens (including phenoxy) is 1. The van der Waals surface area contributed by atoms with E-state index in [1.165, 1.54) is 19.3 Å². The SMILES string of the molecule is CCCCCCOc1ccc(C=NNC(N)=S)cc1Cl. The van der Waals surface area contributed by atoms with Gasteiger partial charge in [0.15, 0.2) is 5.11 Å². The minimum absolute atomic E-state index is 0.124. The third-order valence-electron chi connectivity index (χ3n) is 2.60. The Hall–Kier alpha value is -1.33. The molecular formula is C14H20ClN3OS. The van der Waals surface area contributed by atoms with Crippen molar-refractivity contribution in [3.05, 3.63) is 28.8 Å². The maximum Gasteiger partial charge on any atom is 0.184 e. The summed E-state index contributed by atoms with van der Waals surface area (Å²) < 4.78 is 5.65. The van der Waals surface area contributed by atoms with Gasteiger partial charge < -0.3 is 10.5 Å². The van der Waals surface area contributed by atoms with Gasteiger partial charge in [0.2, 0.25) is 0 Å². The predicted molar refractivity (Wildman–Crippen MR) is 88.6 cm³/mol. The molecule has 0 heterocycles. The first-order chi connectivity index (χ1) is 9.63. The van der Waals surface area contributed by atoms with E-state index in [9.17, 15) is 0 Å². The summed E-state index contributed by atoms with van der Waals surface area (Å²) in [6, 6.07) is 5.50. The molecule has 3 N–H and O–H groups in total. The van der Waals surface area contributed by atoms with Crippen molar-refractivity contribution in [1.82, 2.24) is 5.43 Å². The molecule has 0 aliphatic heterocycles. The van der Waals surface area contributed by atoms with Crippen LogP contribution in [0.25, 0.3) is 0 Å². The van der Waals surface area contributed by atoms with Crippen molar-refractivity contribution >= 4 is 35.1 Å². The van der Waals surface area contributed by atoms with Gasteiger partial charge in [0, 0.05) is 0 Å². The average Bonchev–Trinajstić information content (AvgIpc) is 2.40. The van der Waals surface area contributed by atoms with Crippen LogP contribution in [0.4, 0.5) is 0 Å². The maximum atomic E-state index is 6.15.